The Labute approximate surface area is 106 Å². The van der Waals surface area contributed by atoms with Crippen molar-refractivity contribution in [3.8, 4) is 0 Å². The van der Waals surface area contributed by atoms with E-state index in [0.29, 0.717) is 11.7 Å². The van der Waals surface area contributed by atoms with E-state index in [-0.39, 0.29) is 0 Å². The molecule has 18 heavy (non-hydrogen) atoms. The van der Waals surface area contributed by atoms with Crippen molar-refractivity contribution in [2.75, 3.05) is 5.43 Å². The van der Waals surface area contributed by atoms with Gasteiger partial charge in [0, 0.05) is 11.3 Å². The van der Waals surface area contributed by atoms with Crippen LogP contribution in [0.1, 0.15) is 38.4 Å². The van der Waals surface area contributed by atoms with E-state index in [1.807, 2.05) is 24.4 Å². The number of nitrogens with zero attached hydrogens (tertiary/aromatic N) is 4. The second-order valence-electron chi connectivity index (χ2n) is 3.78. The fourth-order valence-electron chi connectivity index (χ4n) is 1.99. The summed E-state index contributed by atoms with van der Waals surface area (Å²) < 4.78 is 1.88. The lowest BCUT2D eigenvalue weighted by molar-refractivity contribution is 0.794. The second kappa shape index (κ2) is 5.03. The first-order chi connectivity index (χ1) is 8.81. The van der Waals surface area contributed by atoms with Crippen molar-refractivity contribution < 1.29 is 0 Å². The van der Waals surface area contributed by atoms with E-state index >= 15 is 0 Å². The van der Waals surface area contributed by atoms with Crippen molar-refractivity contribution in [2.24, 2.45) is 10.8 Å². The highest BCUT2D eigenvalue weighted by Gasteiger charge is 2.19. The van der Waals surface area contributed by atoms with E-state index in [9.17, 15) is 0 Å². The molecule has 0 saturated carbocycles. The topological polar surface area (TPSA) is 80.6 Å². The van der Waals surface area contributed by atoms with Crippen molar-refractivity contribution >= 4 is 17.2 Å². The number of hydrogen-bond donors (Lipinski definition) is 2. The molecule has 0 spiro atoms. The molecule has 6 heteroatoms. The molecule has 1 aliphatic heterocycles. The molecule has 0 amide bonds. The lowest BCUT2D eigenvalue weighted by Crippen LogP contribution is -2.19. The highest BCUT2D eigenvalue weighted by molar-refractivity contribution is 6.08. The van der Waals surface area contributed by atoms with E-state index in [1.165, 1.54) is 6.33 Å². The number of nitrogens with one attached hydrogen (secondary N) is 1. The second-order valence-corrected chi connectivity index (χ2v) is 3.78. The van der Waals surface area contributed by atoms with Gasteiger partial charge in [-0.25, -0.2) is 9.50 Å². The smallest absolute Gasteiger partial charge is 0.174 e. The first-order valence-electron chi connectivity index (χ1n) is 6.26. The van der Waals surface area contributed by atoms with Crippen LogP contribution in [-0.4, -0.2) is 20.4 Å². The van der Waals surface area contributed by atoms with Crippen LogP contribution >= 0.6 is 0 Å². The highest BCUT2D eigenvalue weighted by atomic mass is 15.4. The van der Waals surface area contributed by atoms with Gasteiger partial charge in [0.05, 0.1) is 0 Å². The molecule has 0 bridgehead atoms. The lowest BCUT2D eigenvalue weighted by atomic mass is 10.2. The van der Waals surface area contributed by atoms with E-state index in [0.717, 1.165) is 29.6 Å². The van der Waals surface area contributed by atoms with Gasteiger partial charge in [-0.1, -0.05) is 27.2 Å². The number of aryl methyl sites for hydroxylation is 1. The normalized spacial score (nSPS) is 12.5. The van der Waals surface area contributed by atoms with E-state index in [2.05, 4.69) is 27.5 Å². The van der Waals surface area contributed by atoms with Crippen molar-refractivity contribution in [1.82, 2.24) is 14.6 Å². The average Bonchev–Trinajstić information content (AvgIpc) is 2.78. The Kier molecular flexibility index (Phi) is 3.45. The number of anilines is 1. The molecule has 0 radical (unpaired) electrons. The van der Waals surface area contributed by atoms with Gasteiger partial charge < -0.3 is 5.73 Å². The summed E-state index contributed by atoms with van der Waals surface area (Å²) >= 11 is 0. The van der Waals surface area contributed by atoms with Crippen molar-refractivity contribution in [2.45, 2.75) is 33.6 Å². The molecule has 0 aromatic carbocycles. The van der Waals surface area contributed by atoms with Crippen LogP contribution in [0, 0.1) is 0 Å². The molecule has 2 aromatic rings. The summed E-state index contributed by atoms with van der Waals surface area (Å²) in [5, 5.41) is 8.26. The molecular weight excluding hydrogens is 228 g/mol. The van der Waals surface area contributed by atoms with Crippen LogP contribution in [0.5, 0.6) is 0 Å². The Morgan fingerprint density at radius 1 is 1.39 bits per heavy atom. The van der Waals surface area contributed by atoms with E-state index in [1.54, 1.807) is 0 Å². The zero-order valence-electron chi connectivity index (χ0n) is 10.9. The molecule has 6 nitrogen and oxygen atoms in total. The number of amidine groups is 1. The van der Waals surface area contributed by atoms with Crippen LogP contribution in [0.4, 0.5) is 5.82 Å². The van der Waals surface area contributed by atoms with E-state index < -0.39 is 0 Å². The molecule has 96 valence electrons. The maximum atomic E-state index is 5.83. The number of hydrazone groups is 1. The van der Waals surface area contributed by atoms with Crippen molar-refractivity contribution in [1.29, 1.82) is 0 Å². The molecule has 0 saturated heterocycles. The zero-order valence-corrected chi connectivity index (χ0v) is 10.9. The minimum Gasteiger partial charge on any atom is -0.382 e. The molecule has 1 aliphatic rings. The van der Waals surface area contributed by atoms with Gasteiger partial charge in [-0.3, -0.25) is 5.43 Å². The van der Waals surface area contributed by atoms with Gasteiger partial charge in [0.15, 0.2) is 11.7 Å². The first-order valence-corrected chi connectivity index (χ1v) is 6.26. The van der Waals surface area contributed by atoms with Gasteiger partial charge in [-0.15, -0.1) is 0 Å². The lowest BCUT2D eigenvalue weighted by Gasteiger charge is -2.10. The third-order valence-corrected chi connectivity index (χ3v) is 2.69. The standard InChI is InChI=1S/C10H12N6.C2H6/c1-2-3-6-4-7-8-10(15-14-9(7)11)12-5-13-16(6)8;1-2/h4-5H,2-3H2,1H3,(H2,11,14)(H,12,13,15);1-2H3. The predicted molar refractivity (Wildman–Crippen MR) is 72.7 cm³/mol. The zero-order chi connectivity index (χ0) is 13.1. The number of hydrogen-bond acceptors (Lipinski definition) is 5. The van der Waals surface area contributed by atoms with Crippen LogP contribution in [0.15, 0.2) is 17.5 Å². The molecule has 3 rings (SSSR count). The highest BCUT2D eigenvalue weighted by Crippen LogP contribution is 2.25. The fraction of sp³-hybridized carbons (Fsp3) is 0.417. The molecule has 0 fully saturated rings. The molecule has 2 aromatic heterocycles. The summed E-state index contributed by atoms with van der Waals surface area (Å²) in [6.45, 7) is 6.14. The van der Waals surface area contributed by atoms with Gasteiger partial charge in [-0.2, -0.15) is 10.2 Å². The summed E-state index contributed by atoms with van der Waals surface area (Å²) in [5.41, 5.74) is 11.6. The predicted octanol–water partition coefficient (Wildman–Crippen LogP) is 1.75. The average molecular weight is 246 g/mol. The van der Waals surface area contributed by atoms with E-state index in [4.69, 9.17) is 5.73 Å². The number of rotatable bonds is 2. The van der Waals surface area contributed by atoms with Gasteiger partial charge >= 0.3 is 0 Å². The van der Waals surface area contributed by atoms with Crippen LogP contribution in [0.25, 0.3) is 5.52 Å². The fourth-order valence-corrected chi connectivity index (χ4v) is 1.99. The van der Waals surface area contributed by atoms with Crippen LogP contribution < -0.4 is 11.2 Å². The molecule has 0 aliphatic carbocycles. The van der Waals surface area contributed by atoms with Gasteiger partial charge in [-0.05, 0) is 12.5 Å². The summed E-state index contributed by atoms with van der Waals surface area (Å²) in [5.74, 6) is 1.20. The Bertz CT molecular complexity index is 584. The van der Waals surface area contributed by atoms with Gasteiger partial charge in [0.25, 0.3) is 0 Å². The Balaban J connectivity index is 0.000000574. The van der Waals surface area contributed by atoms with Gasteiger partial charge in [0.1, 0.15) is 11.8 Å². The number of aromatic nitrogens is 3. The first kappa shape index (κ1) is 12.3. The summed E-state index contributed by atoms with van der Waals surface area (Å²) in [6.07, 6.45) is 3.55. The summed E-state index contributed by atoms with van der Waals surface area (Å²) in [7, 11) is 0. The molecular formula is C12H18N6. The maximum absolute atomic E-state index is 5.83. The van der Waals surface area contributed by atoms with Crippen molar-refractivity contribution in [3.05, 3.63) is 23.7 Å². The summed E-state index contributed by atoms with van der Waals surface area (Å²) in [6, 6.07) is 2.04. The Morgan fingerprint density at radius 3 is 2.89 bits per heavy atom. The summed E-state index contributed by atoms with van der Waals surface area (Å²) in [4.78, 5) is 4.14. The van der Waals surface area contributed by atoms with Gasteiger partial charge in [0.2, 0.25) is 0 Å². The molecule has 0 atom stereocenters. The maximum Gasteiger partial charge on any atom is 0.174 e. The quantitative estimate of drug-likeness (QED) is 0.846. The molecule has 3 heterocycles. The minimum absolute atomic E-state index is 0.488. The van der Waals surface area contributed by atoms with Crippen LogP contribution in [-0.2, 0) is 6.42 Å². The SMILES string of the molecule is CC.CCCc1cc2c3c(ncnn13)NN=C2N. The molecule has 0 unspecified atom stereocenters. The third kappa shape index (κ3) is 1.79. The third-order valence-electron chi connectivity index (χ3n) is 2.69. The monoisotopic (exact) mass is 246 g/mol. The van der Waals surface area contributed by atoms with Crippen molar-refractivity contribution in [3.63, 3.8) is 0 Å². The Hall–Kier alpha value is -2.11. The largest absolute Gasteiger partial charge is 0.382 e. The number of nitrogens with two attached hydrogens (primary N) is 1. The van der Waals surface area contributed by atoms with Crippen LogP contribution in [0.3, 0.4) is 0 Å². The minimum atomic E-state index is 0.488. The Morgan fingerprint density at radius 2 is 2.17 bits per heavy atom. The van der Waals surface area contributed by atoms with Crippen LogP contribution in [0.2, 0.25) is 0 Å². The molecule has 3 N–H and O–H groups in total.